The Morgan fingerprint density at radius 3 is 2.15 bits per heavy atom. The van der Waals surface area contributed by atoms with Crippen molar-refractivity contribution in [2.45, 2.75) is 90.3 Å². The van der Waals surface area contributed by atoms with E-state index in [0.29, 0.717) is 17.7 Å². The summed E-state index contributed by atoms with van der Waals surface area (Å²) in [5, 5.41) is 23.8. The van der Waals surface area contributed by atoms with Crippen LogP contribution in [0.1, 0.15) is 44.4 Å². The summed E-state index contributed by atoms with van der Waals surface area (Å²) >= 11 is 0. The van der Waals surface area contributed by atoms with E-state index < -0.39 is 83.6 Å². The Balaban J connectivity index is 1.65. The Labute approximate surface area is 306 Å². The van der Waals surface area contributed by atoms with Gasteiger partial charge in [-0.25, -0.2) is 4.79 Å². The zero-order valence-corrected chi connectivity index (χ0v) is 30.3. The first-order valence-electron chi connectivity index (χ1n) is 17.4. The van der Waals surface area contributed by atoms with Gasteiger partial charge in [-0.2, -0.15) is 0 Å². The zero-order valence-electron chi connectivity index (χ0n) is 30.3. The molecule has 0 saturated heterocycles. The molecular formula is C37H47N7O9. The maximum atomic E-state index is 13.6. The van der Waals surface area contributed by atoms with Crippen molar-refractivity contribution in [3.63, 3.8) is 0 Å². The molecule has 0 radical (unpaired) electrons. The molecule has 1 aromatic heterocycles. The van der Waals surface area contributed by atoms with Gasteiger partial charge in [-0.3, -0.25) is 38.3 Å². The fourth-order valence-electron chi connectivity index (χ4n) is 5.68. The average molecular weight is 734 g/mol. The summed E-state index contributed by atoms with van der Waals surface area (Å²) in [5.41, 5.74) is 0.361. The molecule has 2 aliphatic rings. The molecule has 284 valence electrons. The summed E-state index contributed by atoms with van der Waals surface area (Å²) < 4.78 is 7.08. The molecular weight excluding hydrogens is 686 g/mol. The van der Waals surface area contributed by atoms with Crippen LogP contribution < -0.4 is 42.6 Å². The van der Waals surface area contributed by atoms with Crippen LogP contribution >= 0.6 is 0 Å². The van der Waals surface area contributed by atoms with Crippen molar-refractivity contribution in [2.24, 2.45) is 5.92 Å². The van der Waals surface area contributed by atoms with Gasteiger partial charge in [0.15, 0.2) is 0 Å². The number of aryl methyl sites for hydroxylation is 1. The smallest absolute Gasteiger partial charge is 0.328 e. The third kappa shape index (κ3) is 11.4. The SMILES string of the molecule is Cc1cn(CC(=O)N[C@H]2Cc3ccc(cc3)OC[C@H](Cc3ccccc3)NC(=O)[C@@H](C(C)C)NC(=O)[C@H]([C@@H](C)O)NC(=O)[C@@H](C)NC2=O)c(=O)[nH]c1=O. The molecule has 0 spiro atoms. The Morgan fingerprint density at radius 1 is 0.868 bits per heavy atom. The number of carbonyl (C=O) groups excluding carboxylic acids is 5. The number of rotatable bonds is 7. The van der Waals surface area contributed by atoms with Gasteiger partial charge >= 0.3 is 5.69 Å². The maximum Gasteiger partial charge on any atom is 0.328 e. The Morgan fingerprint density at radius 2 is 1.51 bits per heavy atom. The van der Waals surface area contributed by atoms with Crippen molar-refractivity contribution in [3.05, 3.63) is 98.3 Å². The molecule has 3 heterocycles. The van der Waals surface area contributed by atoms with Crippen molar-refractivity contribution in [3.8, 4) is 5.75 Å². The van der Waals surface area contributed by atoms with Gasteiger partial charge in [0.2, 0.25) is 29.5 Å². The number of hydrogen-bond donors (Lipinski definition) is 7. The van der Waals surface area contributed by atoms with Gasteiger partial charge in [0.1, 0.15) is 43.1 Å². The van der Waals surface area contributed by atoms with Crippen LogP contribution in [0.25, 0.3) is 0 Å². The second-order valence-electron chi connectivity index (χ2n) is 13.6. The maximum absolute atomic E-state index is 13.6. The molecule has 0 aliphatic carbocycles. The number of aromatic amines is 1. The van der Waals surface area contributed by atoms with Gasteiger partial charge in [-0.15, -0.1) is 0 Å². The van der Waals surface area contributed by atoms with Gasteiger partial charge in [-0.05, 0) is 56.4 Å². The molecule has 53 heavy (non-hydrogen) atoms. The van der Waals surface area contributed by atoms with Crippen molar-refractivity contribution in [2.75, 3.05) is 6.61 Å². The lowest BCUT2D eigenvalue weighted by molar-refractivity contribution is -0.136. The summed E-state index contributed by atoms with van der Waals surface area (Å²) in [5.74, 6) is -3.50. The quantitative estimate of drug-likeness (QED) is 0.151. The number of H-pyrrole nitrogens is 1. The number of aliphatic hydroxyl groups excluding tert-OH is 1. The van der Waals surface area contributed by atoms with E-state index in [-0.39, 0.29) is 24.5 Å². The molecule has 16 heteroatoms. The molecule has 6 atom stereocenters. The standard InChI is InChI=1S/C37H47N7O9/c1-20(2)30-35(50)39-26(15-24-9-7-6-8-10-24)19-53-27-13-11-25(12-14-27)16-28(40-29(46)18-44-17-21(3)32(47)43-37(44)52)34(49)38-22(4)33(48)42-31(23(5)45)36(51)41-30/h6-14,17,20,22-23,26,28,30-31,45H,15-16,18-19H2,1-5H3,(H,38,49)(H,39,50)(H,40,46)(H,41,51)(H,42,48)(H,43,47,52)/t22-,23-,26+,28+,30-,31+/m1/s1. The third-order valence-electron chi connectivity index (χ3n) is 8.70. The summed E-state index contributed by atoms with van der Waals surface area (Å²) in [7, 11) is 0. The minimum atomic E-state index is -1.49. The first-order valence-corrected chi connectivity index (χ1v) is 17.4. The largest absolute Gasteiger partial charge is 0.491 e. The van der Waals surface area contributed by atoms with Crippen LogP contribution in [0.15, 0.2) is 70.4 Å². The van der Waals surface area contributed by atoms with Crippen LogP contribution in [0.3, 0.4) is 0 Å². The van der Waals surface area contributed by atoms with E-state index >= 15 is 0 Å². The van der Waals surface area contributed by atoms with Gasteiger partial charge in [0, 0.05) is 18.2 Å². The van der Waals surface area contributed by atoms with E-state index in [0.717, 1.165) is 10.1 Å². The topological polar surface area (TPSA) is 230 Å². The molecule has 0 unspecified atom stereocenters. The van der Waals surface area contributed by atoms with Crippen LogP contribution in [0.5, 0.6) is 5.75 Å². The number of hydrogen-bond acceptors (Lipinski definition) is 9. The highest BCUT2D eigenvalue weighted by Crippen LogP contribution is 2.16. The number of nitrogens with zero attached hydrogens (tertiary/aromatic N) is 1. The van der Waals surface area contributed by atoms with E-state index in [1.165, 1.54) is 27.0 Å². The highest BCUT2D eigenvalue weighted by molar-refractivity contribution is 5.95. The monoisotopic (exact) mass is 733 g/mol. The van der Waals surface area contributed by atoms with E-state index in [1.807, 2.05) is 30.3 Å². The number of fused-ring (bicyclic) bond motifs is 17. The molecule has 0 fully saturated rings. The highest BCUT2D eigenvalue weighted by atomic mass is 16.5. The van der Waals surface area contributed by atoms with Gasteiger partial charge < -0.3 is 36.4 Å². The van der Waals surface area contributed by atoms with E-state index in [1.54, 1.807) is 38.1 Å². The molecule has 2 aliphatic heterocycles. The first kappa shape index (κ1) is 40.0. The van der Waals surface area contributed by atoms with Crippen LogP contribution in [-0.2, 0) is 43.4 Å². The lowest BCUT2D eigenvalue weighted by Crippen LogP contribution is -2.61. The lowest BCUT2D eigenvalue weighted by Gasteiger charge is -2.29. The fourth-order valence-corrected chi connectivity index (χ4v) is 5.68. The predicted octanol–water partition coefficient (Wildman–Crippen LogP) is -0.796. The van der Waals surface area contributed by atoms with Crippen molar-refractivity contribution < 1.29 is 33.8 Å². The number of nitrogens with one attached hydrogen (secondary N) is 6. The Bertz CT molecular complexity index is 1890. The summed E-state index contributed by atoms with van der Waals surface area (Å²) in [6.45, 7) is 7.19. The fraction of sp³-hybridized carbons (Fsp3) is 0.432. The van der Waals surface area contributed by atoms with Gasteiger partial charge in [-0.1, -0.05) is 56.3 Å². The predicted molar refractivity (Wildman–Crippen MR) is 194 cm³/mol. The molecule has 5 rings (SSSR count). The number of benzene rings is 2. The molecule has 3 aromatic rings. The second kappa shape index (κ2) is 18.1. The first-order chi connectivity index (χ1) is 25.1. The molecule has 2 aromatic carbocycles. The van der Waals surface area contributed by atoms with Crippen LogP contribution in [0.4, 0.5) is 0 Å². The number of aliphatic hydroxyl groups is 1. The number of aromatic nitrogens is 2. The highest BCUT2D eigenvalue weighted by Gasteiger charge is 2.34. The molecule has 7 N–H and O–H groups in total. The number of carbonyl (C=O) groups is 5. The minimum absolute atomic E-state index is 0.0340. The third-order valence-corrected chi connectivity index (χ3v) is 8.70. The molecule has 2 bridgehead atoms. The van der Waals surface area contributed by atoms with Crippen LogP contribution in [0.2, 0.25) is 0 Å². The zero-order chi connectivity index (χ0) is 38.8. The average Bonchev–Trinajstić information content (AvgIpc) is 3.10. The van der Waals surface area contributed by atoms with Crippen molar-refractivity contribution in [1.82, 2.24) is 36.1 Å². The Hall–Kier alpha value is -5.77. The number of ether oxygens (including phenoxy) is 1. The summed E-state index contributed by atoms with van der Waals surface area (Å²) in [6.07, 6.45) is 0.223. The Kier molecular flexibility index (Phi) is 13.7. The lowest BCUT2D eigenvalue weighted by atomic mass is 10.0. The van der Waals surface area contributed by atoms with E-state index in [9.17, 15) is 38.7 Å². The van der Waals surface area contributed by atoms with Crippen molar-refractivity contribution >= 4 is 29.5 Å². The summed E-state index contributed by atoms with van der Waals surface area (Å²) in [4.78, 5) is 93.4. The van der Waals surface area contributed by atoms with Crippen molar-refractivity contribution in [1.29, 1.82) is 0 Å². The number of amides is 5. The summed E-state index contributed by atoms with van der Waals surface area (Å²) in [6, 6.07) is 10.7. The van der Waals surface area contributed by atoms with Gasteiger partial charge in [0.25, 0.3) is 5.56 Å². The van der Waals surface area contributed by atoms with Gasteiger partial charge in [0.05, 0.1) is 12.1 Å². The molecule has 0 saturated carbocycles. The van der Waals surface area contributed by atoms with E-state index in [2.05, 4.69) is 31.6 Å². The molecule has 16 nitrogen and oxygen atoms in total. The molecule has 5 amide bonds. The van der Waals surface area contributed by atoms with Crippen LogP contribution in [0, 0.1) is 12.8 Å². The van der Waals surface area contributed by atoms with Crippen LogP contribution in [-0.4, -0.2) is 87.1 Å². The normalized spacial score (nSPS) is 22.4. The second-order valence-corrected chi connectivity index (χ2v) is 13.6. The minimum Gasteiger partial charge on any atom is -0.491 e. The van der Waals surface area contributed by atoms with E-state index in [4.69, 9.17) is 4.74 Å².